The highest BCUT2D eigenvalue weighted by Gasteiger charge is 2.59. The van der Waals surface area contributed by atoms with Crippen molar-refractivity contribution in [3.63, 3.8) is 0 Å². The molecule has 0 aromatic heterocycles. The molecule has 4 fully saturated rings. The van der Waals surface area contributed by atoms with Gasteiger partial charge in [0.25, 0.3) is 0 Å². The van der Waals surface area contributed by atoms with Gasteiger partial charge in [-0.3, -0.25) is 19.2 Å². The van der Waals surface area contributed by atoms with Gasteiger partial charge in [-0.15, -0.1) is 0 Å². The quantitative estimate of drug-likeness (QED) is 0.0846. The molecule has 21 heteroatoms. The Bertz CT molecular complexity index is 1260. The molecule has 6 N–H and O–H groups in total. The molecule has 302 valence electrons. The van der Waals surface area contributed by atoms with Crippen LogP contribution in [0.2, 0.25) is 0 Å². The van der Waals surface area contributed by atoms with E-state index in [-0.39, 0.29) is 74.1 Å². The minimum Gasteiger partial charge on any atom is -0.455 e. The second-order valence-corrected chi connectivity index (χ2v) is 11.4. The molecule has 4 bridgehead atoms. The van der Waals surface area contributed by atoms with Crippen molar-refractivity contribution in [2.24, 2.45) is 27.6 Å². The predicted octanol–water partition coefficient (Wildman–Crippen LogP) is -3.59. The number of aliphatic imine (C=N–C) groups is 2. The number of nitrogens with one attached hydrogen (secondary N) is 4. The molecule has 0 spiro atoms. The highest BCUT2D eigenvalue weighted by molar-refractivity contribution is 5.81. The fraction of sp³-hybridized carbons (Fsp3) is 0.781. The van der Waals surface area contributed by atoms with Crippen LogP contribution in [0, 0.1) is 11.8 Å². The van der Waals surface area contributed by atoms with E-state index >= 15 is 0 Å². The van der Waals surface area contributed by atoms with Crippen LogP contribution < -0.4 is 27.0 Å². The van der Waals surface area contributed by atoms with Gasteiger partial charge in [-0.1, -0.05) is 0 Å². The van der Waals surface area contributed by atoms with E-state index in [1.807, 2.05) is 0 Å². The summed E-state index contributed by atoms with van der Waals surface area (Å²) in [5.74, 6) is -2.85. The molecule has 53 heavy (non-hydrogen) atoms. The van der Waals surface area contributed by atoms with E-state index in [0.29, 0.717) is 12.8 Å². The molecule has 4 amide bonds. The summed E-state index contributed by atoms with van der Waals surface area (Å²) < 4.78 is 42.8. The van der Waals surface area contributed by atoms with E-state index < -0.39 is 48.6 Å². The zero-order valence-corrected chi connectivity index (χ0v) is 31.7. The zero-order valence-electron chi connectivity index (χ0n) is 31.7. The van der Waals surface area contributed by atoms with Crippen LogP contribution in [0.4, 0.5) is 0 Å². The number of rotatable bonds is 14. The number of carbonyl (C=O) groups excluding carboxylic acids is 6. The second kappa shape index (κ2) is 25.0. The molecule has 4 rings (SSSR count). The Kier molecular flexibility index (Phi) is 22.2. The summed E-state index contributed by atoms with van der Waals surface area (Å²) in [5.41, 5.74) is 4.50. The van der Waals surface area contributed by atoms with Crippen LogP contribution in [-0.2, 0) is 66.7 Å². The first-order chi connectivity index (χ1) is 25.4. The van der Waals surface area contributed by atoms with Crippen LogP contribution in [0.25, 0.3) is 0 Å². The maximum Gasteiger partial charge on any atom is 0.332 e. The van der Waals surface area contributed by atoms with Gasteiger partial charge in [-0.05, 0) is 19.9 Å². The fourth-order valence-corrected chi connectivity index (χ4v) is 6.09. The summed E-state index contributed by atoms with van der Waals surface area (Å²) in [6.45, 7) is -1.14. The number of esters is 2. The molecule has 0 radical (unpaired) electrons. The average Bonchev–Trinajstić information content (AvgIpc) is 3.95. The first-order valence-electron chi connectivity index (χ1n) is 16.7. The fourth-order valence-electron chi connectivity index (χ4n) is 6.09. The van der Waals surface area contributed by atoms with Gasteiger partial charge >= 0.3 is 11.9 Å². The smallest absolute Gasteiger partial charge is 0.332 e. The Morgan fingerprint density at radius 3 is 1.38 bits per heavy atom. The Hall–Kier alpha value is -4.08. The number of carbonyl (C=O) groups is 6. The normalized spacial score (nSPS) is 28.1. The Labute approximate surface area is 308 Å². The summed E-state index contributed by atoms with van der Waals surface area (Å²) in [5, 5.41) is 9.93. The van der Waals surface area contributed by atoms with Gasteiger partial charge in [-0.2, -0.15) is 0 Å². The molecule has 4 saturated heterocycles. The van der Waals surface area contributed by atoms with Crippen molar-refractivity contribution < 1.29 is 66.7 Å². The molecular weight excluding hydrogens is 706 g/mol. The number of hydrogen-bond donors (Lipinski definition) is 5. The van der Waals surface area contributed by atoms with Gasteiger partial charge in [0.1, 0.15) is 44.7 Å². The predicted molar refractivity (Wildman–Crippen MR) is 185 cm³/mol. The average molecular weight is 762 g/mol. The van der Waals surface area contributed by atoms with Crippen molar-refractivity contribution in [1.82, 2.24) is 21.3 Å². The third-order valence-electron chi connectivity index (χ3n) is 8.37. The summed E-state index contributed by atoms with van der Waals surface area (Å²) in [7, 11) is 13.8. The van der Waals surface area contributed by atoms with E-state index in [2.05, 4.69) is 43.0 Å². The molecule has 4 aliphatic rings. The van der Waals surface area contributed by atoms with Gasteiger partial charge in [0.15, 0.2) is 12.2 Å². The lowest BCUT2D eigenvalue weighted by Gasteiger charge is -2.30. The summed E-state index contributed by atoms with van der Waals surface area (Å²) >= 11 is 0. The van der Waals surface area contributed by atoms with Crippen LogP contribution >= 0.6 is 0 Å². The number of amides is 4. The lowest BCUT2D eigenvalue weighted by molar-refractivity contribution is -0.166. The third kappa shape index (κ3) is 13.7. The number of likely N-dealkylation sites (N-methyl/N-ethyl adjacent to an activating group) is 2. The standard InChI is InChI=1S/2C14H22N2O7.C3H6N2.CH5N/c1-15-9(17)5-21-6-10(18)23-12-8-4-7(14(19)16-2)11(22-8)13(12)20-3;1-15-9(17)5-21-6-10(18)23-13-11-7(14(19)16-2)4-8(22-11)12(13)20-3;1-4-3-5-2;1-2/h2*7-8,11-13H,4-6H2,1-3H3,(H,15,17)(H,16,19);1-2H3;2H2,1H3/t2*7?,8?,11-,12?,13+;;/m00../s1. The number of methoxy groups -OCH3 is 2. The van der Waals surface area contributed by atoms with Crippen molar-refractivity contribution in [3.8, 4) is 0 Å². The minimum atomic E-state index is -0.669. The summed E-state index contributed by atoms with van der Waals surface area (Å²) in [6, 6.07) is 2.36. The van der Waals surface area contributed by atoms with Gasteiger partial charge < -0.3 is 64.9 Å². The summed E-state index contributed by atoms with van der Waals surface area (Å²) in [6.07, 6.45) is -2.79. The van der Waals surface area contributed by atoms with E-state index in [9.17, 15) is 28.8 Å². The van der Waals surface area contributed by atoms with Crippen molar-refractivity contribution in [2.75, 3.05) is 90.0 Å². The molecule has 4 heterocycles. The molecule has 10 atom stereocenters. The number of fused-ring (bicyclic) bond motifs is 4. The van der Waals surface area contributed by atoms with Gasteiger partial charge in [0.2, 0.25) is 23.6 Å². The molecule has 21 nitrogen and oxygen atoms in total. The third-order valence-corrected chi connectivity index (χ3v) is 8.37. The largest absolute Gasteiger partial charge is 0.455 e. The van der Waals surface area contributed by atoms with E-state index in [1.54, 1.807) is 28.2 Å². The first kappa shape index (κ1) is 46.9. The lowest BCUT2D eigenvalue weighted by Crippen LogP contribution is -2.49. The molecule has 0 aromatic carbocycles. The number of hydrogen-bond acceptors (Lipinski definition) is 17. The van der Waals surface area contributed by atoms with E-state index in [1.165, 1.54) is 35.4 Å². The zero-order chi connectivity index (χ0) is 40.1. The molecule has 0 aliphatic carbocycles. The van der Waals surface area contributed by atoms with E-state index in [4.69, 9.17) is 37.9 Å². The van der Waals surface area contributed by atoms with Crippen LogP contribution in [0.1, 0.15) is 12.8 Å². The van der Waals surface area contributed by atoms with Crippen LogP contribution in [-0.4, -0.2) is 180 Å². The van der Waals surface area contributed by atoms with Gasteiger partial charge in [0, 0.05) is 56.5 Å². The molecule has 0 aromatic rings. The number of nitrogens with zero attached hydrogens (tertiary/aromatic N) is 2. The molecule has 4 aliphatic heterocycles. The Morgan fingerprint density at radius 2 is 1.02 bits per heavy atom. The highest BCUT2D eigenvalue weighted by Crippen LogP contribution is 2.43. The van der Waals surface area contributed by atoms with Crippen molar-refractivity contribution in [1.29, 1.82) is 0 Å². The van der Waals surface area contributed by atoms with Gasteiger partial charge in [0.05, 0.1) is 36.2 Å². The van der Waals surface area contributed by atoms with Gasteiger partial charge in [-0.25, -0.2) is 19.6 Å². The lowest BCUT2D eigenvalue weighted by atomic mass is 9.84. The molecule has 6 unspecified atom stereocenters. The van der Waals surface area contributed by atoms with Crippen molar-refractivity contribution >= 4 is 41.6 Å². The monoisotopic (exact) mass is 761 g/mol. The minimum absolute atomic E-state index is 0.113. The second-order valence-electron chi connectivity index (χ2n) is 11.4. The Balaban J connectivity index is 0.000000451. The Morgan fingerprint density at radius 1 is 0.623 bits per heavy atom. The summed E-state index contributed by atoms with van der Waals surface area (Å²) in [4.78, 5) is 76.3. The highest BCUT2D eigenvalue weighted by atomic mass is 16.6. The molecule has 0 saturated carbocycles. The first-order valence-corrected chi connectivity index (χ1v) is 16.7. The molecular formula is C32H55N7O14. The van der Waals surface area contributed by atoms with Crippen molar-refractivity contribution in [3.05, 3.63) is 0 Å². The number of nitrogens with two attached hydrogens (primary N) is 1. The van der Waals surface area contributed by atoms with Crippen LogP contribution in [0.3, 0.4) is 0 Å². The van der Waals surface area contributed by atoms with E-state index in [0.717, 1.165) is 0 Å². The SMILES string of the molecule is CN.CN=C=NC.CNC(=O)COCC(=O)OC1C2CC(C(=O)NC)[C@H](O2)[C@H]1OC.CNC(=O)COCC(=O)O[C@H]1C(OC)C2CC(C(=O)NC)[C@@H]1O2. The van der Waals surface area contributed by atoms with Crippen LogP contribution in [0.15, 0.2) is 9.98 Å². The van der Waals surface area contributed by atoms with Crippen molar-refractivity contribution in [2.45, 2.75) is 61.7 Å². The maximum atomic E-state index is 11.9. The topological polar surface area (TPSA) is 275 Å². The maximum absolute atomic E-state index is 11.9. The number of ether oxygens (including phenoxy) is 8. The van der Waals surface area contributed by atoms with Crippen LogP contribution in [0.5, 0.6) is 0 Å².